The molecular formula is C20H23N3O2. The number of aromatic nitrogens is 1. The molecule has 2 aromatic rings. The van der Waals surface area contributed by atoms with Crippen molar-refractivity contribution in [3.63, 3.8) is 0 Å². The van der Waals surface area contributed by atoms with E-state index in [9.17, 15) is 9.59 Å². The minimum absolute atomic E-state index is 0.0473. The molecule has 25 heavy (non-hydrogen) atoms. The zero-order chi connectivity index (χ0) is 17.8. The van der Waals surface area contributed by atoms with E-state index in [1.54, 1.807) is 6.07 Å². The third kappa shape index (κ3) is 3.87. The first-order valence-electron chi connectivity index (χ1n) is 8.68. The van der Waals surface area contributed by atoms with Crippen LogP contribution in [0.15, 0.2) is 36.7 Å². The summed E-state index contributed by atoms with van der Waals surface area (Å²) in [4.78, 5) is 31.1. The second-order valence-electron chi connectivity index (χ2n) is 6.54. The molecule has 1 fully saturated rings. The number of aryl methyl sites for hydroxylation is 2. The Kier molecular flexibility index (Phi) is 5.12. The molecular weight excluding hydrogens is 314 g/mol. The average molecular weight is 337 g/mol. The van der Waals surface area contributed by atoms with Crippen LogP contribution in [0.25, 0.3) is 0 Å². The summed E-state index contributed by atoms with van der Waals surface area (Å²) in [6, 6.07) is 7.50. The molecule has 0 saturated carbocycles. The quantitative estimate of drug-likeness (QED) is 0.931. The maximum absolute atomic E-state index is 12.6. The van der Waals surface area contributed by atoms with Crippen LogP contribution in [0.3, 0.4) is 0 Å². The molecule has 1 N–H and O–H groups in total. The van der Waals surface area contributed by atoms with Crippen molar-refractivity contribution in [1.82, 2.24) is 9.88 Å². The minimum Gasteiger partial charge on any atom is -0.339 e. The number of benzene rings is 1. The summed E-state index contributed by atoms with van der Waals surface area (Å²) in [6.45, 7) is 5.46. The third-order valence-corrected chi connectivity index (χ3v) is 4.61. The number of nitrogens with one attached hydrogen (secondary N) is 1. The molecule has 0 atom stereocenters. The number of anilines is 1. The lowest BCUT2D eigenvalue weighted by atomic mass is 10.1. The fourth-order valence-corrected chi connectivity index (χ4v) is 3.16. The van der Waals surface area contributed by atoms with Gasteiger partial charge in [0.2, 0.25) is 0 Å². The van der Waals surface area contributed by atoms with Gasteiger partial charge in [-0.1, -0.05) is 18.2 Å². The molecule has 1 aliphatic rings. The molecule has 0 radical (unpaired) electrons. The first kappa shape index (κ1) is 17.1. The predicted octanol–water partition coefficient (Wildman–Crippen LogP) is 3.58. The number of likely N-dealkylation sites (tertiary alicyclic amines) is 1. The lowest BCUT2D eigenvalue weighted by molar-refractivity contribution is 0.0724. The molecule has 5 nitrogen and oxygen atoms in total. The van der Waals surface area contributed by atoms with Crippen molar-refractivity contribution in [1.29, 1.82) is 0 Å². The molecule has 2 heterocycles. The van der Waals surface area contributed by atoms with Crippen LogP contribution in [0.2, 0.25) is 0 Å². The van der Waals surface area contributed by atoms with Crippen molar-refractivity contribution in [3.05, 3.63) is 58.9 Å². The van der Waals surface area contributed by atoms with Gasteiger partial charge in [0.1, 0.15) is 0 Å². The number of pyridine rings is 1. The fourth-order valence-electron chi connectivity index (χ4n) is 3.16. The van der Waals surface area contributed by atoms with Gasteiger partial charge in [0.05, 0.1) is 11.1 Å². The van der Waals surface area contributed by atoms with Gasteiger partial charge in [-0.3, -0.25) is 14.6 Å². The van der Waals surface area contributed by atoms with E-state index in [0.717, 1.165) is 42.7 Å². The van der Waals surface area contributed by atoms with E-state index < -0.39 is 0 Å². The van der Waals surface area contributed by atoms with Crippen LogP contribution >= 0.6 is 0 Å². The second kappa shape index (κ2) is 7.47. The molecule has 0 bridgehead atoms. The highest BCUT2D eigenvalue weighted by molar-refractivity contribution is 6.06. The number of hydrogen-bond acceptors (Lipinski definition) is 3. The van der Waals surface area contributed by atoms with Crippen LogP contribution in [0.5, 0.6) is 0 Å². The van der Waals surface area contributed by atoms with E-state index in [-0.39, 0.29) is 11.8 Å². The summed E-state index contributed by atoms with van der Waals surface area (Å²) in [5.41, 5.74) is 3.67. The molecule has 130 valence electrons. The van der Waals surface area contributed by atoms with Gasteiger partial charge in [-0.15, -0.1) is 0 Å². The lowest BCUT2D eigenvalue weighted by Gasteiger charge is -2.26. The summed E-state index contributed by atoms with van der Waals surface area (Å²) in [7, 11) is 0. The van der Waals surface area contributed by atoms with Crippen LogP contribution in [0.1, 0.15) is 51.1 Å². The molecule has 3 rings (SSSR count). The molecule has 0 aliphatic carbocycles. The van der Waals surface area contributed by atoms with Crippen molar-refractivity contribution in [3.8, 4) is 0 Å². The van der Waals surface area contributed by atoms with Gasteiger partial charge in [0, 0.05) is 31.2 Å². The molecule has 0 spiro atoms. The molecule has 2 amide bonds. The van der Waals surface area contributed by atoms with E-state index in [0.29, 0.717) is 11.1 Å². The second-order valence-corrected chi connectivity index (χ2v) is 6.54. The fraction of sp³-hybridized carbons (Fsp3) is 0.350. The Labute approximate surface area is 148 Å². The van der Waals surface area contributed by atoms with Crippen molar-refractivity contribution in [2.75, 3.05) is 18.4 Å². The van der Waals surface area contributed by atoms with Gasteiger partial charge < -0.3 is 10.2 Å². The van der Waals surface area contributed by atoms with Crippen molar-refractivity contribution < 1.29 is 9.59 Å². The monoisotopic (exact) mass is 337 g/mol. The maximum Gasteiger partial charge on any atom is 0.257 e. The Morgan fingerprint density at radius 1 is 1.00 bits per heavy atom. The number of piperidine rings is 1. The van der Waals surface area contributed by atoms with E-state index in [2.05, 4.69) is 10.3 Å². The van der Waals surface area contributed by atoms with E-state index in [1.165, 1.54) is 18.8 Å². The first-order valence-corrected chi connectivity index (χ1v) is 8.68. The standard InChI is InChI=1S/C20H23N3O2/c1-14-7-6-8-15(2)18(14)22-19(24)16-11-17(13-21-12-16)20(25)23-9-4-3-5-10-23/h6-8,11-13H,3-5,9-10H2,1-2H3,(H,22,24). The number of nitrogens with zero attached hydrogens (tertiary/aromatic N) is 2. The minimum atomic E-state index is -0.252. The van der Waals surface area contributed by atoms with E-state index >= 15 is 0 Å². The Balaban J connectivity index is 1.78. The molecule has 0 unspecified atom stereocenters. The smallest absolute Gasteiger partial charge is 0.257 e. The van der Waals surface area contributed by atoms with Gasteiger partial charge in [0.25, 0.3) is 11.8 Å². The number of carbonyl (C=O) groups excluding carboxylic acids is 2. The van der Waals surface area contributed by atoms with Gasteiger partial charge in [-0.05, 0) is 50.3 Å². The molecule has 1 aromatic heterocycles. The van der Waals surface area contributed by atoms with Crippen LogP contribution in [-0.4, -0.2) is 34.8 Å². The molecule has 1 aromatic carbocycles. The number of para-hydroxylation sites is 1. The normalized spacial score (nSPS) is 14.2. The number of hydrogen-bond donors (Lipinski definition) is 1. The van der Waals surface area contributed by atoms with Crippen LogP contribution < -0.4 is 5.32 Å². The summed E-state index contributed by atoms with van der Waals surface area (Å²) in [5, 5.41) is 2.94. The highest BCUT2D eigenvalue weighted by atomic mass is 16.2. The van der Waals surface area contributed by atoms with E-state index in [1.807, 2.05) is 36.9 Å². The van der Waals surface area contributed by atoms with Crippen LogP contribution in [-0.2, 0) is 0 Å². The zero-order valence-corrected chi connectivity index (χ0v) is 14.7. The SMILES string of the molecule is Cc1cccc(C)c1NC(=O)c1cncc(C(=O)N2CCCCC2)c1. The van der Waals surface area contributed by atoms with Crippen LogP contribution in [0.4, 0.5) is 5.69 Å². The lowest BCUT2D eigenvalue weighted by Crippen LogP contribution is -2.35. The average Bonchev–Trinajstić information content (AvgIpc) is 2.65. The highest BCUT2D eigenvalue weighted by Gasteiger charge is 2.20. The number of rotatable bonds is 3. The Bertz CT molecular complexity index is 775. The van der Waals surface area contributed by atoms with Gasteiger partial charge >= 0.3 is 0 Å². The number of carbonyl (C=O) groups is 2. The molecule has 1 saturated heterocycles. The molecule has 5 heteroatoms. The topological polar surface area (TPSA) is 62.3 Å². The van der Waals surface area contributed by atoms with Gasteiger partial charge in [-0.2, -0.15) is 0 Å². The summed E-state index contributed by atoms with van der Waals surface area (Å²) in [5.74, 6) is -0.299. The van der Waals surface area contributed by atoms with Gasteiger partial charge in [0.15, 0.2) is 0 Å². The van der Waals surface area contributed by atoms with Crippen molar-refractivity contribution in [2.24, 2.45) is 0 Å². The van der Waals surface area contributed by atoms with E-state index in [4.69, 9.17) is 0 Å². The molecule has 1 aliphatic heterocycles. The van der Waals surface area contributed by atoms with Crippen molar-refractivity contribution in [2.45, 2.75) is 33.1 Å². The largest absolute Gasteiger partial charge is 0.339 e. The summed E-state index contributed by atoms with van der Waals surface area (Å²) >= 11 is 0. The van der Waals surface area contributed by atoms with Crippen LogP contribution in [0, 0.1) is 13.8 Å². The summed E-state index contributed by atoms with van der Waals surface area (Å²) in [6.07, 6.45) is 6.26. The van der Waals surface area contributed by atoms with Gasteiger partial charge in [-0.25, -0.2) is 0 Å². The highest BCUT2D eigenvalue weighted by Crippen LogP contribution is 2.20. The summed E-state index contributed by atoms with van der Waals surface area (Å²) < 4.78 is 0. The Hall–Kier alpha value is -2.69. The Morgan fingerprint density at radius 3 is 2.32 bits per heavy atom. The zero-order valence-electron chi connectivity index (χ0n) is 14.7. The predicted molar refractivity (Wildman–Crippen MR) is 97.9 cm³/mol. The Morgan fingerprint density at radius 2 is 1.64 bits per heavy atom. The third-order valence-electron chi connectivity index (χ3n) is 4.61. The maximum atomic E-state index is 12.6. The number of amides is 2. The first-order chi connectivity index (χ1) is 12.1. The van der Waals surface area contributed by atoms with Crippen molar-refractivity contribution >= 4 is 17.5 Å².